The van der Waals surface area contributed by atoms with Crippen LogP contribution in [0.1, 0.15) is 5.56 Å². The highest BCUT2D eigenvalue weighted by molar-refractivity contribution is 6.42. The van der Waals surface area contributed by atoms with Crippen molar-refractivity contribution in [2.75, 3.05) is 12.4 Å². The molecular formula is C14H13Cl2N3O. The normalized spacial score (nSPS) is 10.2. The fraction of sp³-hybridized carbons (Fsp3) is 0.143. The van der Waals surface area contributed by atoms with E-state index in [1.807, 2.05) is 6.07 Å². The number of urea groups is 1. The van der Waals surface area contributed by atoms with Crippen molar-refractivity contribution in [1.82, 2.24) is 9.88 Å². The first-order valence-electron chi connectivity index (χ1n) is 5.94. The van der Waals surface area contributed by atoms with Crippen LogP contribution in [0.25, 0.3) is 0 Å². The molecule has 1 aromatic carbocycles. The van der Waals surface area contributed by atoms with E-state index in [9.17, 15) is 4.79 Å². The summed E-state index contributed by atoms with van der Waals surface area (Å²) in [4.78, 5) is 17.6. The third kappa shape index (κ3) is 3.62. The van der Waals surface area contributed by atoms with Crippen LogP contribution in [-0.4, -0.2) is 23.0 Å². The van der Waals surface area contributed by atoms with Crippen LogP contribution in [0.3, 0.4) is 0 Å². The zero-order valence-corrected chi connectivity index (χ0v) is 12.3. The summed E-state index contributed by atoms with van der Waals surface area (Å²) in [6, 6.07) is 10.4. The van der Waals surface area contributed by atoms with Gasteiger partial charge in [0.25, 0.3) is 0 Å². The Hall–Kier alpha value is -1.78. The molecule has 0 aliphatic rings. The lowest BCUT2D eigenvalue weighted by Crippen LogP contribution is -2.31. The molecule has 1 heterocycles. The van der Waals surface area contributed by atoms with Gasteiger partial charge in [-0.15, -0.1) is 0 Å². The van der Waals surface area contributed by atoms with Crippen molar-refractivity contribution < 1.29 is 4.79 Å². The highest BCUT2D eigenvalue weighted by atomic mass is 35.5. The number of amides is 2. The standard InChI is InChI=1S/C14H13Cl2N3O/c1-19(9-10-5-4-6-11(15)13(10)16)14(20)18-12-7-2-3-8-17-12/h2-8H,9H2,1H3,(H,17,18,20). The van der Waals surface area contributed by atoms with E-state index in [2.05, 4.69) is 10.3 Å². The molecule has 4 nitrogen and oxygen atoms in total. The zero-order valence-electron chi connectivity index (χ0n) is 10.8. The SMILES string of the molecule is CN(Cc1cccc(Cl)c1Cl)C(=O)Nc1ccccn1. The molecule has 0 saturated heterocycles. The lowest BCUT2D eigenvalue weighted by atomic mass is 10.2. The average molecular weight is 310 g/mol. The molecule has 1 N–H and O–H groups in total. The number of rotatable bonds is 3. The number of nitrogens with one attached hydrogen (secondary N) is 1. The van der Waals surface area contributed by atoms with Gasteiger partial charge in [-0.25, -0.2) is 9.78 Å². The van der Waals surface area contributed by atoms with Crippen molar-refractivity contribution in [1.29, 1.82) is 0 Å². The van der Waals surface area contributed by atoms with E-state index >= 15 is 0 Å². The lowest BCUT2D eigenvalue weighted by Gasteiger charge is -2.18. The maximum Gasteiger partial charge on any atom is 0.323 e. The van der Waals surface area contributed by atoms with Crippen LogP contribution < -0.4 is 5.32 Å². The second-order valence-electron chi connectivity index (χ2n) is 4.21. The Morgan fingerprint density at radius 3 is 2.75 bits per heavy atom. The third-order valence-electron chi connectivity index (χ3n) is 2.69. The number of carbonyl (C=O) groups excluding carboxylic acids is 1. The molecule has 0 spiro atoms. The van der Waals surface area contributed by atoms with Gasteiger partial charge in [-0.05, 0) is 23.8 Å². The Morgan fingerprint density at radius 2 is 2.05 bits per heavy atom. The Balaban J connectivity index is 2.03. The Kier molecular flexibility index (Phi) is 4.82. The molecule has 0 unspecified atom stereocenters. The Bertz CT molecular complexity index is 605. The van der Waals surface area contributed by atoms with Gasteiger partial charge in [0.1, 0.15) is 5.82 Å². The molecule has 0 saturated carbocycles. The summed E-state index contributed by atoms with van der Waals surface area (Å²) < 4.78 is 0. The molecule has 0 atom stereocenters. The van der Waals surface area contributed by atoms with Gasteiger partial charge in [0.15, 0.2) is 0 Å². The number of aromatic nitrogens is 1. The van der Waals surface area contributed by atoms with Crippen LogP contribution in [0, 0.1) is 0 Å². The molecule has 104 valence electrons. The highest BCUT2D eigenvalue weighted by Gasteiger charge is 2.12. The second-order valence-corrected chi connectivity index (χ2v) is 5.00. The maximum atomic E-state index is 12.0. The number of halogens is 2. The van der Waals surface area contributed by atoms with Crippen molar-refractivity contribution in [2.24, 2.45) is 0 Å². The van der Waals surface area contributed by atoms with Crippen LogP contribution in [0.5, 0.6) is 0 Å². The summed E-state index contributed by atoms with van der Waals surface area (Å²) in [5, 5.41) is 3.64. The summed E-state index contributed by atoms with van der Waals surface area (Å²) in [5.41, 5.74) is 0.790. The Labute approximate surface area is 127 Å². The minimum Gasteiger partial charge on any atom is -0.323 e. The molecule has 0 radical (unpaired) electrons. The van der Waals surface area contributed by atoms with Gasteiger partial charge in [-0.3, -0.25) is 5.32 Å². The van der Waals surface area contributed by atoms with E-state index in [0.29, 0.717) is 22.4 Å². The summed E-state index contributed by atoms with van der Waals surface area (Å²) in [6.07, 6.45) is 1.61. The predicted octanol–water partition coefficient (Wildman–Crippen LogP) is 4.05. The number of nitrogens with zero attached hydrogens (tertiary/aromatic N) is 2. The minimum absolute atomic E-state index is 0.264. The highest BCUT2D eigenvalue weighted by Crippen LogP contribution is 2.26. The van der Waals surface area contributed by atoms with Crippen molar-refractivity contribution >= 4 is 35.1 Å². The first-order valence-corrected chi connectivity index (χ1v) is 6.69. The van der Waals surface area contributed by atoms with Crippen molar-refractivity contribution in [2.45, 2.75) is 6.54 Å². The van der Waals surface area contributed by atoms with Gasteiger partial charge < -0.3 is 4.90 Å². The third-order valence-corrected chi connectivity index (χ3v) is 3.54. The van der Waals surface area contributed by atoms with E-state index in [1.165, 1.54) is 4.90 Å². The van der Waals surface area contributed by atoms with Gasteiger partial charge in [0.2, 0.25) is 0 Å². The Morgan fingerprint density at radius 1 is 1.25 bits per heavy atom. The van der Waals surface area contributed by atoms with Crippen LogP contribution in [0.4, 0.5) is 10.6 Å². The smallest absolute Gasteiger partial charge is 0.323 e. The fourth-order valence-corrected chi connectivity index (χ4v) is 2.02. The summed E-state index contributed by atoms with van der Waals surface area (Å²) in [7, 11) is 1.68. The molecule has 0 fully saturated rings. The number of benzene rings is 1. The zero-order chi connectivity index (χ0) is 14.5. The largest absolute Gasteiger partial charge is 0.323 e. The monoisotopic (exact) mass is 309 g/mol. The molecule has 6 heteroatoms. The quantitative estimate of drug-likeness (QED) is 0.929. The molecule has 2 amide bonds. The fourth-order valence-electron chi connectivity index (χ4n) is 1.64. The van der Waals surface area contributed by atoms with Gasteiger partial charge in [0.05, 0.1) is 10.0 Å². The molecule has 20 heavy (non-hydrogen) atoms. The lowest BCUT2D eigenvalue weighted by molar-refractivity contribution is 0.220. The minimum atomic E-state index is -0.264. The first kappa shape index (κ1) is 14.6. The number of hydrogen-bond acceptors (Lipinski definition) is 2. The van der Waals surface area contributed by atoms with Crippen LogP contribution >= 0.6 is 23.2 Å². The molecule has 2 rings (SSSR count). The first-order chi connectivity index (χ1) is 9.58. The molecule has 0 aliphatic heterocycles. The predicted molar refractivity (Wildman–Crippen MR) is 81.2 cm³/mol. The number of carbonyl (C=O) groups is 1. The average Bonchev–Trinajstić information content (AvgIpc) is 2.45. The van der Waals surface area contributed by atoms with E-state index in [4.69, 9.17) is 23.2 Å². The molecule has 0 bridgehead atoms. The molecule has 1 aromatic heterocycles. The van der Waals surface area contributed by atoms with E-state index in [-0.39, 0.29) is 6.03 Å². The van der Waals surface area contributed by atoms with E-state index < -0.39 is 0 Å². The van der Waals surface area contributed by atoms with Gasteiger partial charge >= 0.3 is 6.03 Å². The van der Waals surface area contributed by atoms with Crippen molar-refractivity contribution in [3.8, 4) is 0 Å². The van der Waals surface area contributed by atoms with E-state index in [0.717, 1.165) is 5.56 Å². The summed E-state index contributed by atoms with van der Waals surface area (Å²) >= 11 is 12.0. The molecular weight excluding hydrogens is 297 g/mol. The van der Waals surface area contributed by atoms with Crippen LogP contribution in [0.2, 0.25) is 10.0 Å². The number of hydrogen-bond donors (Lipinski definition) is 1. The maximum absolute atomic E-state index is 12.0. The topological polar surface area (TPSA) is 45.2 Å². The summed E-state index contributed by atoms with van der Waals surface area (Å²) in [5.74, 6) is 0.501. The molecule has 0 aliphatic carbocycles. The van der Waals surface area contributed by atoms with Gasteiger partial charge in [-0.1, -0.05) is 41.4 Å². The van der Waals surface area contributed by atoms with Crippen molar-refractivity contribution in [3.63, 3.8) is 0 Å². The number of pyridine rings is 1. The van der Waals surface area contributed by atoms with Crippen LogP contribution in [0.15, 0.2) is 42.6 Å². The number of anilines is 1. The van der Waals surface area contributed by atoms with Crippen molar-refractivity contribution in [3.05, 3.63) is 58.2 Å². The van der Waals surface area contributed by atoms with Crippen LogP contribution in [-0.2, 0) is 6.54 Å². The summed E-state index contributed by atoms with van der Waals surface area (Å²) in [6.45, 7) is 0.359. The van der Waals surface area contributed by atoms with E-state index in [1.54, 1.807) is 43.6 Å². The van der Waals surface area contributed by atoms with Gasteiger partial charge in [0, 0.05) is 19.8 Å². The second kappa shape index (κ2) is 6.59. The van der Waals surface area contributed by atoms with Gasteiger partial charge in [-0.2, -0.15) is 0 Å². The molecule has 2 aromatic rings.